The summed E-state index contributed by atoms with van der Waals surface area (Å²) < 4.78 is 44.6. The summed E-state index contributed by atoms with van der Waals surface area (Å²) in [5.41, 5.74) is 3.45. The van der Waals surface area contributed by atoms with Crippen LogP contribution >= 0.6 is 0 Å². The van der Waals surface area contributed by atoms with E-state index in [4.69, 9.17) is 37.6 Å². The number of aryl methyl sites for hydroxylation is 2. The highest BCUT2D eigenvalue weighted by molar-refractivity contribution is 6.04. The van der Waals surface area contributed by atoms with Gasteiger partial charge in [0, 0.05) is 63.3 Å². The quantitative estimate of drug-likeness (QED) is 0.0939. The maximum Gasteiger partial charge on any atom is 0.308 e. The van der Waals surface area contributed by atoms with Crippen LogP contribution in [0.3, 0.4) is 0 Å². The Morgan fingerprint density at radius 1 is 0.491 bits per heavy atom. The molecule has 0 radical (unpaired) electrons. The number of methoxy groups -OCH3 is 2. The summed E-state index contributed by atoms with van der Waals surface area (Å²) in [5, 5.41) is 0.598. The molecule has 0 bridgehead atoms. The minimum Gasteiger partial charge on any atom is -0.493 e. The Morgan fingerprint density at radius 2 is 0.962 bits per heavy atom. The number of ether oxygens (including phenoxy) is 7. The number of hydrogen-bond acceptors (Lipinski definition) is 13. The first-order valence-corrected chi connectivity index (χ1v) is 16.3. The molecule has 274 valence electrons. The van der Waals surface area contributed by atoms with Gasteiger partial charge in [0.1, 0.15) is 28.8 Å². The molecule has 0 fully saturated rings. The summed E-state index contributed by atoms with van der Waals surface area (Å²) >= 11 is 0. The van der Waals surface area contributed by atoms with Crippen molar-refractivity contribution in [1.82, 2.24) is 0 Å². The van der Waals surface area contributed by atoms with Gasteiger partial charge in [0.05, 0.1) is 14.2 Å². The second kappa shape index (κ2) is 16.1. The number of rotatable bonds is 12. The smallest absolute Gasteiger partial charge is 0.308 e. The number of fused-ring (bicyclic) bond motifs is 1. The van der Waals surface area contributed by atoms with Crippen molar-refractivity contribution >= 4 is 40.8 Å². The van der Waals surface area contributed by atoms with Gasteiger partial charge in [-0.05, 0) is 84.1 Å². The molecule has 0 unspecified atom stereocenters. The van der Waals surface area contributed by atoms with Gasteiger partial charge in [-0.3, -0.25) is 24.0 Å². The van der Waals surface area contributed by atoms with Crippen LogP contribution in [0.15, 0.2) is 71.1 Å². The molecule has 1 heterocycles. The van der Waals surface area contributed by atoms with Crippen molar-refractivity contribution in [3.05, 3.63) is 77.9 Å². The fraction of sp³-hybridized carbons (Fsp3) is 0.225. The average Bonchev–Trinajstić information content (AvgIpc) is 3.45. The Labute approximate surface area is 304 Å². The number of furan rings is 1. The van der Waals surface area contributed by atoms with Crippen molar-refractivity contribution in [3.63, 3.8) is 0 Å². The van der Waals surface area contributed by atoms with Crippen molar-refractivity contribution in [2.45, 2.75) is 47.5 Å². The second-order valence-corrected chi connectivity index (χ2v) is 11.8. The molecular formula is C40H36O13. The van der Waals surface area contributed by atoms with Gasteiger partial charge in [0.25, 0.3) is 0 Å². The van der Waals surface area contributed by atoms with E-state index >= 15 is 0 Å². The van der Waals surface area contributed by atoms with E-state index < -0.39 is 29.8 Å². The molecule has 0 aliphatic carbocycles. The van der Waals surface area contributed by atoms with Crippen molar-refractivity contribution in [2.75, 3.05) is 14.2 Å². The van der Waals surface area contributed by atoms with E-state index in [2.05, 4.69) is 0 Å². The van der Waals surface area contributed by atoms with E-state index in [9.17, 15) is 24.0 Å². The third-order valence-electron chi connectivity index (χ3n) is 7.57. The van der Waals surface area contributed by atoms with Crippen LogP contribution in [0.4, 0.5) is 0 Å². The van der Waals surface area contributed by atoms with Crippen LogP contribution in [0.25, 0.3) is 33.4 Å². The molecule has 0 aliphatic rings. The van der Waals surface area contributed by atoms with Crippen LogP contribution in [-0.4, -0.2) is 44.1 Å². The summed E-state index contributed by atoms with van der Waals surface area (Å²) in [6.45, 7) is 6.33. The minimum atomic E-state index is -0.586. The van der Waals surface area contributed by atoms with Crippen LogP contribution < -0.4 is 33.2 Å². The van der Waals surface area contributed by atoms with E-state index in [-0.39, 0.29) is 34.5 Å². The fourth-order valence-corrected chi connectivity index (χ4v) is 5.74. The molecule has 53 heavy (non-hydrogen) atoms. The summed E-state index contributed by atoms with van der Waals surface area (Å²) in [7, 11) is 2.94. The fourth-order valence-electron chi connectivity index (χ4n) is 5.74. The summed E-state index contributed by atoms with van der Waals surface area (Å²) in [6, 6.07) is 18.1. The van der Waals surface area contributed by atoms with Crippen molar-refractivity contribution in [3.8, 4) is 62.7 Å². The lowest BCUT2D eigenvalue weighted by Gasteiger charge is -2.12. The van der Waals surface area contributed by atoms with Crippen LogP contribution in [0.5, 0.6) is 40.2 Å². The topological polar surface area (TPSA) is 163 Å². The largest absolute Gasteiger partial charge is 0.493 e. The molecule has 5 rings (SSSR count). The molecule has 13 heteroatoms. The van der Waals surface area contributed by atoms with Gasteiger partial charge >= 0.3 is 29.8 Å². The maximum atomic E-state index is 12.0. The number of esters is 5. The van der Waals surface area contributed by atoms with E-state index in [0.29, 0.717) is 52.0 Å². The third kappa shape index (κ3) is 9.38. The molecular weight excluding hydrogens is 688 g/mol. The molecule has 0 atom stereocenters. The molecule has 5 aromatic rings. The van der Waals surface area contributed by atoms with Crippen LogP contribution in [0.2, 0.25) is 0 Å². The standard InChI is InChI=1S/C40H36O13/c1-21(41)48-30-12-26(13-31(19-30)49-22(2)42)8-9-27-14-34-38(29-16-32(50-23(3)43)20-33(17-29)51-24(4)44)39(53-40(34)37(15-27)47-7)28-10-11-35(52-25(5)45)36(18-28)46-6/h10-20H,8-9H2,1-7H3. The SMILES string of the molecule is COc1cc(-c2oc3c(OC)cc(CCc4cc(OC(C)=O)cc(OC(C)=O)c4)cc3c2-c2cc(OC(C)=O)cc(OC(C)=O)c2)ccc1OC(C)=O. The zero-order chi connectivity index (χ0) is 38.4. The Balaban J connectivity index is 1.71. The van der Waals surface area contributed by atoms with E-state index in [1.54, 1.807) is 42.5 Å². The highest BCUT2D eigenvalue weighted by atomic mass is 16.6. The molecule has 0 amide bonds. The van der Waals surface area contributed by atoms with Gasteiger partial charge in [0.2, 0.25) is 0 Å². The molecule has 13 nitrogen and oxygen atoms in total. The van der Waals surface area contributed by atoms with Gasteiger partial charge < -0.3 is 37.6 Å². The molecule has 0 aliphatic heterocycles. The van der Waals surface area contributed by atoms with Crippen molar-refractivity contribution < 1.29 is 61.5 Å². The second-order valence-electron chi connectivity index (χ2n) is 11.8. The zero-order valence-electron chi connectivity index (χ0n) is 30.1. The number of benzene rings is 4. The Hall–Kier alpha value is -6.63. The first kappa shape index (κ1) is 37.6. The van der Waals surface area contributed by atoms with Crippen molar-refractivity contribution in [2.24, 2.45) is 0 Å². The van der Waals surface area contributed by atoms with Crippen LogP contribution in [-0.2, 0) is 36.8 Å². The molecule has 1 aromatic heterocycles. The van der Waals surface area contributed by atoms with E-state index in [1.165, 1.54) is 61.0 Å². The lowest BCUT2D eigenvalue weighted by Crippen LogP contribution is -2.05. The Bertz CT molecular complexity index is 2180. The molecule has 0 saturated carbocycles. The first-order valence-electron chi connectivity index (χ1n) is 16.3. The monoisotopic (exact) mass is 724 g/mol. The number of carbonyl (C=O) groups is 5. The number of carbonyl (C=O) groups excluding carboxylic acids is 5. The summed E-state index contributed by atoms with van der Waals surface area (Å²) in [4.78, 5) is 59.2. The van der Waals surface area contributed by atoms with E-state index in [0.717, 1.165) is 11.1 Å². The van der Waals surface area contributed by atoms with Gasteiger partial charge in [-0.25, -0.2) is 0 Å². The lowest BCUT2D eigenvalue weighted by molar-refractivity contribution is -0.133. The Kier molecular flexibility index (Phi) is 11.5. The summed E-state index contributed by atoms with van der Waals surface area (Å²) in [5.74, 6) is -0.849. The van der Waals surface area contributed by atoms with Gasteiger partial charge in [0.15, 0.2) is 22.8 Å². The molecule has 0 saturated heterocycles. The Morgan fingerprint density at radius 3 is 1.43 bits per heavy atom. The predicted octanol–water partition coefficient (Wildman–Crippen LogP) is 7.20. The first-order chi connectivity index (χ1) is 25.2. The average molecular weight is 725 g/mol. The predicted molar refractivity (Wildman–Crippen MR) is 191 cm³/mol. The van der Waals surface area contributed by atoms with Crippen molar-refractivity contribution in [1.29, 1.82) is 0 Å². The van der Waals surface area contributed by atoms with Gasteiger partial charge in [-0.2, -0.15) is 0 Å². The maximum absolute atomic E-state index is 12.0. The van der Waals surface area contributed by atoms with E-state index in [1.807, 2.05) is 12.1 Å². The van der Waals surface area contributed by atoms with Gasteiger partial charge in [-0.1, -0.05) is 0 Å². The molecule has 0 N–H and O–H groups in total. The molecule has 4 aromatic carbocycles. The third-order valence-corrected chi connectivity index (χ3v) is 7.57. The summed E-state index contributed by atoms with van der Waals surface area (Å²) in [6.07, 6.45) is 0.887. The number of hydrogen-bond donors (Lipinski definition) is 0. The van der Waals surface area contributed by atoms with Crippen LogP contribution in [0, 0.1) is 0 Å². The highest BCUT2D eigenvalue weighted by Crippen LogP contribution is 2.47. The normalized spacial score (nSPS) is 10.7. The van der Waals surface area contributed by atoms with Gasteiger partial charge in [-0.15, -0.1) is 0 Å². The van der Waals surface area contributed by atoms with Crippen LogP contribution in [0.1, 0.15) is 45.7 Å². The lowest BCUT2D eigenvalue weighted by atomic mass is 9.95. The molecule has 0 spiro atoms. The minimum absolute atomic E-state index is 0.119. The zero-order valence-corrected chi connectivity index (χ0v) is 30.1. The highest BCUT2D eigenvalue weighted by Gasteiger charge is 2.24.